The van der Waals surface area contributed by atoms with Gasteiger partial charge in [0.1, 0.15) is 0 Å². The highest BCUT2D eigenvalue weighted by molar-refractivity contribution is 7.10. The van der Waals surface area contributed by atoms with Gasteiger partial charge in [0, 0.05) is 24.4 Å². The summed E-state index contributed by atoms with van der Waals surface area (Å²) in [4.78, 5) is 32.2. The topological polar surface area (TPSA) is 40.6 Å². The number of rotatable bonds is 9. The summed E-state index contributed by atoms with van der Waals surface area (Å²) in [5.41, 5.74) is 3.81. The van der Waals surface area contributed by atoms with E-state index in [0.717, 1.165) is 25.7 Å². The van der Waals surface area contributed by atoms with Crippen LogP contribution in [0.2, 0.25) is 0 Å². The minimum absolute atomic E-state index is 0.0537. The third kappa shape index (κ3) is 6.71. The molecule has 0 radical (unpaired) electrons. The largest absolute Gasteiger partial charge is 0.333 e. The molecule has 2 unspecified atom stereocenters. The number of aryl methyl sites for hydroxylation is 1. The van der Waals surface area contributed by atoms with Crippen molar-refractivity contribution in [1.29, 1.82) is 0 Å². The van der Waals surface area contributed by atoms with E-state index in [1.807, 2.05) is 15.9 Å². The summed E-state index contributed by atoms with van der Waals surface area (Å²) in [6, 6.07) is 10.5. The summed E-state index contributed by atoms with van der Waals surface area (Å²) < 4.78 is 0. The zero-order chi connectivity index (χ0) is 24.9. The number of carbonyl (C=O) groups is 2. The average molecular weight is 483 g/mol. The maximum Gasteiger partial charge on any atom is 0.242 e. The van der Waals surface area contributed by atoms with Gasteiger partial charge in [-0.3, -0.25) is 9.59 Å². The first-order valence-electron chi connectivity index (χ1n) is 12.8. The summed E-state index contributed by atoms with van der Waals surface area (Å²) in [6.07, 6.45) is 4.30. The Morgan fingerprint density at radius 3 is 2.59 bits per heavy atom. The predicted octanol–water partition coefficient (Wildman–Crippen LogP) is 6.62. The van der Waals surface area contributed by atoms with Gasteiger partial charge in [0.15, 0.2) is 0 Å². The minimum atomic E-state index is -0.0772. The van der Waals surface area contributed by atoms with Gasteiger partial charge in [-0.15, -0.1) is 11.3 Å². The fraction of sp³-hybridized carbons (Fsp3) is 0.586. The molecule has 1 aromatic carbocycles. The van der Waals surface area contributed by atoms with Crippen LogP contribution in [-0.2, 0) is 16.0 Å². The Bertz CT molecular complexity index is 975. The van der Waals surface area contributed by atoms with E-state index >= 15 is 0 Å². The molecule has 0 spiro atoms. The van der Waals surface area contributed by atoms with E-state index in [1.165, 1.54) is 21.6 Å². The second-order valence-corrected chi connectivity index (χ2v) is 12.1. The van der Waals surface area contributed by atoms with Crippen LogP contribution in [0.4, 0.5) is 0 Å². The maximum absolute atomic E-state index is 13.8. The molecule has 2 atom stereocenters. The van der Waals surface area contributed by atoms with Crippen LogP contribution in [0.3, 0.4) is 0 Å². The lowest BCUT2D eigenvalue weighted by atomic mass is 9.84. The van der Waals surface area contributed by atoms with E-state index < -0.39 is 0 Å². The quantitative estimate of drug-likeness (QED) is 0.403. The number of unbranched alkanes of at least 4 members (excludes halogenated alkanes) is 1. The second-order valence-electron chi connectivity index (χ2n) is 11.1. The molecule has 4 nitrogen and oxygen atoms in total. The van der Waals surface area contributed by atoms with E-state index in [9.17, 15) is 9.59 Å². The molecule has 5 heteroatoms. The molecule has 0 aliphatic carbocycles. The standard InChI is InChI=1S/C29H42N2O2S/c1-7-8-15-30(26(32)18-21(2)19-29(4,5)6)20-27(33)31-16-13-25-24(14-17-34-25)28(31)23-12-10-9-11-22(23)3/h9-12,14,17,21,28H,7-8,13,15-16,18-20H2,1-6H3. The number of hydrogen-bond donors (Lipinski definition) is 0. The van der Waals surface area contributed by atoms with Gasteiger partial charge in [0.05, 0.1) is 12.6 Å². The van der Waals surface area contributed by atoms with Gasteiger partial charge in [0.25, 0.3) is 0 Å². The molecule has 1 aliphatic rings. The highest BCUT2D eigenvalue weighted by atomic mass is 32.1. The van der Waals surface area contributed by atoms with Gasteiger partial charge in [-0.05, 0) is 65.7 Å². The van der Waals surface area contributed by atoms with Gasteiger partial charge < -0.3 is 9.80 Å². The Morgan fingerprint density at radius 2 is 1.91 bits per heavy atom. The van der Waals surface area contributed by atoms with Gasteiger partial charge in [0.2, 0.25) is 11.8 Å². The number of amides is 2. The van der Waals surface area contributed by atoms with E-state index in [1.54, 1.807) is 11.3 Å². The second kappa shape index (κ2) is 11.5. The summed E-state index contributed by atoms with van der Waals surface area (Å²) in [7, 11) is 0. The van der Waals surface area contributed by atoms with E-state index in [0.29, 0.717) is 25.4 Å². The van der Waals surface area contributed by atoms with E-state index in [4.69, 9.17) is 0 Å². The fourth-order valence-corrected chi connectivity index (χ4v) is 6.16. The van der Waals surface area contributed by atoms with Crippen molar-refractivity contribution in [3.8, 4) is 0 Å². The number of thiophene rings is 1. The molecule has 186 valence electrons. The van der Waals surface area contributed by atoms with Crippen molar-refractivity contribution in [3.05, 3.63) is 57.3 Å². The molecule has 0 saturated carbocycles. The summed E-state index contributed by atoms with van der Waals surface area (Å²) in [5.74, 6) is 0.465. The Morgan fingerprint density at radius 1 is 1.18 bits per heavy atom. The maximum atomic E-state index is 13.8. The third-order valence-corrected chi connectivity index (χ3v) is 7.71. The van der Waals surface area contributed by atoms with Crippen molar-refractivity contribution in [1.82, 2.24) is 9.80 Å². The molecule has 0 bridgehead atoms. The molecular formula is C29H42N2O2S. The van der Waals surface area contributed by atoms with Gasteiger partial charge in [-0.2, -0.15) is 0 Å². The molecule has 2 heterocycles. The average Bonchev–Trinajstić information content (AvgIpc) is 3.23. The van der Waals surface area contributed by atoms with Crippen LogP contribution >= 0.6 is 11.3 Å². The fourth-order valence-electron chi connectivity index (χ4n) is 5.25. The SMILES string of the molecule is CCCCN(CC(=O)N1CCc2sccc2C1c1ccccc1C)C(=O)CC(C)CC(C)(C)C. The van der Waals surface area contributed by atoms with Crippen LogP contribution in [0, 0.1) is 18.3 Å². The first-order valence-corrected chi connectivity index (χ1v) is 13.7. The van der Waals surface area contributed by atoms with Gasteiger partial charge >= 0.3 is 0 Å². The van der Waals surface area contributed by atoms with Gasteiger partial charge in [-0.1, -0.05) is 65.3 Å². The van der Waals surface area contributed by atoms with Crippen LogP contribution < -0.4 is 0 Å². The molecule has 0 saturated heterocycles. The third-order valence-electron chi connectivity index (χ3n) is 6.71. The molecule has 0 N–H and O–H groups in total. The molecular weight excluding hydrogens is 440 g/mol. The molecule has 0 fully saturated rings. The first-order chi connectivity index (χ1) is 16.1. The Balaban J connectivity index is 1.80. The number of benzene rings is 1. The van der Waals surface area contributed by atoms with Crippen molar-refractivity contribution in [2.45, 2.75) is 79.7 Å². The smallest absolute Gasteiger partial charge is 0.242 e. The number of hydrogen-bond acceptors (Lipinski definition) is 3. The van der Waals surface area contributed by atoms with E-state index in [2.05, 4.69) is 71.2 Å². The lowest BCUT2D eigenvalue weighted by molar-refractivity contribution is -0.142. The minimum Gasteiger partial charge on any atom is -0.333 e. The van der Waals surface area contributed by atoms with Crippen molar-refractivity contribution >= 4 is 23.2 Å². The summed E-state index contributed by atoms with van der Waals surface area (Å²) >= 11 is 1.78. The molecule has 34 heavy (non-hydrogen) atoms. The van der Waals surface area contributed by atoms with Crippen LogP contribution in [-0.4, -0.2) is 41.2 Å². The first kappa shape index (κ1) is 26.5. The Labute approximate surface area is 210 Å². The summed E-state index contributed by atoms with van der Waals surface area (Å²) in [5, 5.41) is 2.14. The molecule has 3 rings (SSSR count). The van der Waals surface area contributed by atoms with Gasteiger partial charge in [-0.25, -0.2) is 0 Å². The zero-order valence-electron chi connectivity index (χ0n) is 21.9. The molecule has 1 aliphatic heterocycles. The Hall–Kier alpha value is -2.14. The highest BCUT2D eigenvalue weighted by Crippen LogP contribution is 2.39. The summed E-state index contributed by atoms with van der Waals surface area (Å²) in [6.45, 7) is 14.6. The highest BCUT2D eigenvalue weighted by Gasteiger charge is 2.34. The Kier molecular flexibility index (Phi) is 8.97. The number of fused-ring (bicyclic) bond motifs is 1. The van der Waals surface area contributed by atoms with Crippen molar-refractivity contribution in [3.63, 3.8) is 0 Å². The lowest BCUT2D eigenvalue weighted by Crippen LogP contribution is -2.47. The molecule has 1 aromatic heterocycles. The monoisotopic (exact) mass is 482 g/mol. The van der Waals surface area contributed by atoms with Crippen LogP contribution in [0.15, 0.2) is 35.7 Å². The number of carbonyl (C=O) groups excluding carboxylic acids is 2. The normalized spacial score (nSPS) is 16.8. The molecule has 2 amide bonds. The van der Waals surface area contributed by atoms with Crippen molar-refractivity contribution in [2.75, 3.05) is 19.6 Å². The van der Waals surface area contributed by atoms with Crippen LogP contribution in [0.5, 0.6) is 0 Å². The predicted molar refractivity (Wildman–Crippen MR) is 142 cm³/mol. The zero-order valence-corrected chi connectivity index (χ0v) is 22.7. The molecule has 2 aromatic rings. The van der Waals surface area contributed by atoms with Crippen molar-refractivity contribution < 1.29 is 9.59 Å². The van der Waals surface area contributed by atoms with Crippen LogP contribution in [0.25, 0.3) is 0 Å². The number of nitrogens with zero attached hydrogens (tertiary/aromatic N) is 2. The lowest BCUT2D eigenvalue weighted by Gasteiger charge is -2.38. The van der Waals surface area contributed by atoms with Crippen molar-refractivity contribution in [2.24, 2.45) is 11.3 Å². The van der Waals surface area contributed by atoms with Crippen LogP contribution in [0.1, 0.15) is 87.9 Å². The van der Waals surface area contributed by atoms with E-state index in [-0.39, 0.29) is 29.8 Å².